The zero-order valence-corrected chi connectivity index (χ0v) is 16.4. The highest BCUT2D eigenvalue weighted by molar-refractivity contribution is 7.89. The molecule has 7 heteroatoms. The number of sulfonamides is 1. The molecular formula is C20H24N2O4S. The van der Waals surface area contributed by atoms with E-state index in [2.05, 4.69) is 4.72 Å². The molecule has 3 rings (SSSR count). The molecule has 0 saturated carbocycles. The van der Waals surface area contributed by atoms with Crippen LogP contribution in [0.2, 0.25) is 0 Å². The Morgan fingerprint density at radius 1 is 1.07 bits per heavy atom. The van der Waals surface area contributed by atoms with Crippen molar-refractivity contribution in [3.63, 3.8) is 0 Å². The van der Waals surface area contributed by atoms with Crippen molar-refractivity contribution in [1.82, 2.24) is 9.62 Å². The lowest BCUT2D eigenvalue weighted by molar-refractivity contribution is 0.0302. The molecule has 1 aliphatic rings. The number of hydrogen-bond donors (Lipinski definition) is 1. The van der Waals surface area contributed by atoms with E-state index in [4.69, 9.17) is 4.74 Å². The van der Waals surface area contributed by atoms with Crippen LogP contribution >= 0.6 is 0 Å². The molecule has 144 valence electrons. The van der Waals surface area contributed by atoms with Crippen LogP contribution in [0.25, 0.3) is 0 Å². The number of nitrogens with zero attached hydrogens (tertiary/aromatic N) is 1. The highest BCUT2D eigenvalue weighted by atomic mass is 32.2. The largest absolute Gasteiger partial charge is 0.378 e. The lowest BCUT2D eigenvalue weighted by Crippen LogP contribution is -2.41. The molecule has 0 radical (unpaired) electrons. The Hall–Kier alpha value is -2.22. The highest BCUT2D eigenvalue weighted by Gasteiger charge is 2.23. The monoisotopic (exact) mass is 388 g/mol. The van der Waals surface area contributed by atoms with Crippen LogP contribution in [0.3, 0.4) is 0 Å². The molecule has 1 fully saturated rings. The average Bonchev–Trinajstić information content (AvgIpc) is 2.68. The summed E-state index contributed by atoms with van der Waals surface area (Å²) in [6.07, 6.45) is 0. The molecule has 0 unspecified atom stereocenters. The van der Waals surface area contributed by atoms with Gasteiger partial charge in [0.05, 0.1) is 18.1 Å². The Morgan fingerprint density at radius 3 is 2.41 bits per heavy atom. The fourth-order valence-electron chi connectivity index (χ4n) is 2.90. The third kappa shape index (κ3) is 4.74. The van der Waals surface area contributed by atoms with Gasteiger partial charge in [0.15, 0.2) is 0 Å². The summed E-state index contributed by atoms with van der Waals surface area (Å²) in [6, 6.07) is 12.3. The quantitative estimate of drug-likeness (QED) is 0.852. The molecule has 1 saturated heterocycles. The maximum atomic E-state index is 12.8. The lowest BCUT2D eigenvalue weighted by atomic mass is 10.1. The molecule has 2 aromatic rings. The van der Waals surface area contributed by atoms with E-state index >= 15 is 0 Å². The first-order valence-electron chi connectivity index (χ1n) is 8.90. The van der Waals surface area contributed by atoms with Crippen LogP contribution in [-0.4, -0.2) is 45.5 Å². The van der Waals surface area contributed by atoms with Crippen molar-refractivity contribution in [3.8, 4) is 0 Å². The van der Waals surface area contributed by atoms with Gasteiger partial charge in [-0.3, -0.25) is 4.79 Å². The Labute approximate surface area is 160 Å². The predicted molar refractivity (Wildman–Crippen MR) is 103 cm³/mol. The maximum absolute atomic E-state index is 12.8. The molecule has 1 aliphatic heterocycles. The summed E-state index contributed by atoms with van der Waals surface area (Å²) in [6.45, 7) is 6.02. The summed E-state index contributed by atoms with van der Waals surface area (Å²) in [4.78, 5) is 14.6. The van der Waals surface area contributed by atoms with Crippen molar-refractivity contribution in [2.45, 2.75) is 25.3 Å². The molecule has 1 heterocycles. The van der Waals surface area contributed by atoms with Gasteiger partial charge in [-0.15, -0.1) is 0 Å². The SMILES string of the molecule is Cc1ccc(CNS(=O)(=O)c2ccc(C)c(C(=O)N3CCOCC3)c2)cc1. The van der Waals surface area contributed by atoms with Crippen LogP contribution in [0.15, 0.2) is 47.4 Å². The minimum absolute atomic E-state index is 0.0943. The van der Waals surface area contributed by atoms with Gasteiger partial charge in [-0.2, -0.15) is 0 Å². The molecule has 0 bridgehead atoms. The summed E-state index contributed by atoms with van der Waals surface area (Å²) in [5.41, 5.74) is 3.16. The second kappa shape index (κ2) is 8.21. The molecule has 1 amide bonds. The minimum atomic E-state index is -3.72. The molecule has 2 aromatic carbocycles. The number of amides is 1. The van der Waals surface area contributed by atoms with Crippen LogP contribution in [-0.2, 0) is 21.3 Å². The maximum Gasteiger partial charge on any atom is 0.254 e. The second-order valence-corrected chi connectivity index (χ2v) is 8.46. The number of nitrogens with one attached hydrogen (secondary N) is 1. The van der Waals surface area contributed by atoms with Crippen molar-refractivity contribution in [1.29, 1.82) is 0 Å². The van der Waals surface area contributed by atoms with Gasteiger partial charge in [0.1, 0.15) is 0 Å². The summed E-state index contributed by atoms with van der Waals surface area (Å²) in [5.74, 6) is -0.161. The molecule has 0 aromatic heterocycles. The van der Waals surface area contributed by atoms with Crippen LogP contribution in [0.5, 0.6) is 0 Å². The van der Waals surface area contributed by atoms with Crippen LogP contribution in [0.1, 0.15) is 27.0 Å². The van der Waals surface area contributed by atoms with Gasteiger partial charge in [0.25, 0.3) is 5.91 Å². The van der Waals surface area contributed by atoms with Gasteiger partial charge in [0, 0.05) is 25.2 Å². The van der Waals surface area contributed by atoms with Crippen molar-refractivity contribution >= 4 is 15.9 Å². The third-order valence-electron chi connectivity index (χ3n) is 4.63. The van der Waals surface area contributed by atoms with Gasteiger partial charge in [0.2, 0.25) is 10.0 Å². The van der Waals surface area contributed by atoms with E-state index in [9.17, 15) is 13.2 Å². The summed E-state index contributed by atoms with van der Waals surface area (Å²) in [5, 5.41) is 0. The molecule has 6 nitrogen and oxygen atoms in total. The number of benzene rings is 2. The minimum Gasteiger partial charge on any atom is -0.378 e. The van der Waals surface area contributed by atoms with Crippen molar-refractivity contribution in [3.05, 3.63) is 64.7 Å². The van der Waals surface area contributed by atoms with Gasteiger partial charge in [-0.1, -0.05) is 35.9 Å². The summed E-state index contributed by atoms with van der Waals surface area (Å²) >= 11 is 0. The Morgan fingerprint density at radius 2 is 1.74 bits per heavy atom. The van der Waals surface area contributed by atoms with Crippen LogP contribution < -0.4 is 4.72 Å². The first-order valence-corrected chi connectivity index (χ1v) is 10.4. The van der Waals surface area contributed by atoms with Gasteiger partial charge >= 0.3 is 0 Å². The van der Waals surface area contributed by atoms with E-state index in [0.717, 1.165) is 16.7 Å². The van der Waals surface area contributed by atoms with E-state index in [-0.39, 0.29) is 17.3 Å². The van der Waals surface area contributed by atoms with Gasteiger partial charge in [-0.25, -0.2) is 13.1 Å². The average molecular weight is 388 g/mol. The lowest BCUT2D eigenvalue weighted by Gasteiger charge is -2.27. The standard InChI is InChI=1S/C20H24N2O4S/c1-15-3-6-17(7-4-15)14-21-27(24,25)18-8-5-16(2)19(13-18)20(23)22-9-11-26-12-10-22/h3-8,13,21H,9-12,14H2,1-2H3. The third-order valence-corrected chi connectivity index (χ3v) is 6.03. The topological polar surface area (TPSA) is 75.7 Å². The predicted octanol–water partition coefficient (Wildman–Crippen LogP) is 2.25. The number of aryl methyl sites for hydroxylation is 2. The zero-order chi connectivity index (χ0) is 19.4. The fraction of sp³-hybridized carbons (Fsp3) is 0.350. The van der Waals surface area contributed by atoms with Gasteiger partial charge in [-0.05, 0) is 37.1 Å². The van der Waals surface area contributed by atoms with E-state index in [1.165, 1.54) is 12.1 Å². The number of morpholine rings is 1. The molecule has 0 aliphatic carbocycles. The molecule has 27 heavy (non-hydrogen) atoms. The first kappa shape index (κ1) is 19.5. The van der Waals surface area contributed by atoms with E-state index in [1.54, 1.807) is 11.0 Å². The number of rotatable bonds is 5. The molecule has 0 atom stereocenters. The molecule has 1 N–H and O–H groups in total. The normalized spacial score (nSPS) is 15.0. The van der Waals surface area contributed by atoms with E-state index in [0.29, 0.717) is 31.9 Å². The van der Waals surface area contributed by atoms with E-state index < -0.39 is 10.0 Å². The van der Waals surface area contributed by atoms with Crippen molar-refractivity contribution < 1.29 is 17.9 Å². The Bertz CT molecular complexity index is 917. The van der Waals surface area contributed by atoms with Crippen LogP contribution in [0.4, 0.5) is 0 Å². The summed E-state index contributed by atoms with van der Waals surface area (Å²) < 4.78 is 33.2. The highest BCUT2D eigenvalue weighted by Crippen LogP contribution is 2.18. The van der Waals surface area contributed by atoms with E-state index in [1.807, 2.05) is 38.1 Å². The number of ether oxygens (including phenoxy) is 1. The number of carbonyl (C=O) groups is 1. The number of carbonyl (C=O) groups excluding carboxylic acids is 1. The molecule has 0 spiro atoms. The Balaban J connectivity index is 1.78. The summed E-state index contributed by atoms with van der Waals surface area (Å²) in [7, 11) is -3.72. The van der Waals surface area contributed by atoms with Crippen LogP contribution in [0, 0.1) is 13.8 Å². The second-order valence-electron chi connectivity index (χ2n) is 6.69. The van der Waals surface area contributed by atoms with Crippen molar-refractivity contribution in [2.75, 3.05) is 26.3 Å². The number of hydrogen-bond acceptors (Lipinski definition) is 4. The fourth-order valence-corrected chi connectivity index (χ4v) is 3.95. The zero-order valence-electron chi connectivity index (χ0n) is 15.6. The molecular weight excluding hydrogens is 364 g/mol. The van der Waals surface area contributed by atoms with Gasteiger partial charge < -0.3 is 9.64 Å². The first-order chi connectivity index (χ1) is 12.9. The smallest absolute Gasteiger partial charge is 0.254 e. The Kier molecular flexibility index (Phi) is 5.94. The van der Waals surface area contributed by atoms with Crippen molar-refractivity contribution in [2.24, 2.45) is 0 Å².